The van der Waals surface area contributed by atoms with Crippen LogP contribution >= 0.6 is 0 Å². The zero-order valence-corrected chi connectivity index (χ0v) is 27.2. The molecule has 0 aromatic heterocycles. The van der Waals surface area contributed by atoms with Crippen molar-refractivity contribution in [1.29, 1.82) is 0 Å². The highest BCUT2D eigenvalue weighted by molar-refractivity contribution is 6.70. The zero-order chi connectivity index (χ0) is 25.3. The molecule has 0 heterocycles. The molecule has 0 spiro atoms. The number of hydrogen-bond acceptors (Lipinski definition) is 3. The van der Waals surface area contributed by atoms with Gasteiger partial charge in [0, 0.05) is 17.6 Å². The van der Waals surface area contributed by atoms with E-state index in [-0.39, 0.29) is 5.41 Å². The molecule has 0 aliphatic heterocycles. The molecule has 6 heteroatoms. The Morgan fingerprint density at radius 3 is 2.06 bits per heavy atom. The molecule has 0 aromatic rings. The van der Waals surface area contributed by atoms with E-state index in [1.54, 1.807) is 0 Å². The Labute approximate surface area is 214 Å². The van der Waals surface area contributed by atoms with Gasteiger partial charge in [0.25, 0.3) is 0 Å². The molecule has 3 fully saturated rings. The van der Waals surface area contributed by atoms with Crippen molar-refractivity contribution in [2.24, 2.45) is 34.5 Å². The maximum atomic E-state index is 7.16. The van der Waals surface area contributed by atoms with Gasteiger partial charge < -0.3 is 13.3 Å². The van der Waals surface area contributed by atoms with Crippen LogP contribution in [0.15, 0.2) is 11.8 Å². The molecule has 0 radical (unpaired) electrons. The van der Waals surface area contributed by atoms with Gasteiger partial charge in [-0.25, -0.2) is 0 Å². The van der Waals surface area contributed by atoms with Crippen molar-refractivity contribution in [2.45, 2.75) is 130 Å². The minimum Gasteiger partial charge on any atom is -0.547 e. The van der Waals surface area contributed by atoms with Crippen molar-refractivity contribution < 1.29 is 13.3 Å². The van der Waals surface area contributed by atoms with Gasteiger partial charge in [-0.2, -0.15) is 0 Å². The third-order valence-electron chi connectivity index (χ3n) is 9.48. The van der Waals surface area contributed by atoms with Crippen molar-refractivity contribution in [3.8, 4) is 0 Å². The molecule has 8 atom stereocenters. The lowest BCUT2D eigenvalue weighted by molar-refractivity contribution is -0.165. The number of allylic oxidation sites excluding steroid dienone is 2. The van der Waals surface area contributed by atoms with Crippen molar-refractivity contribution >= 4 is 25.0 Å². The van der Waals surface area contributed by atoms with E-state index < -0.39 is 25.0 Å². The first-order chi connectivity index (χ1) is 15.4. The second-order valence-electron chi connectivity index (χ2n) is 15.6. The summed E-state index contributed by atoms with van der Waals surface area (Å²) in [6.45, 7) is 26.4. The Morgan fingerprint density at radius 1 is 0.824 bits per heavy atom. The standard InChI is InChI=1S/C28H54O3Si3/c1-27-17-16-21(29-32(3,4)5)18-20(27)12-13-22-23-14-15-25(31-34(9,10)11)28(23,2)19-24(26(22)27)30-33(6,7)8/h15,20-24,26H,12-14,16-19H2,1-11H3/t20-,21-,22?,23?,24-,26?,27-,28-/m0/s1. The van der Waals surface area contributed by atoms with Crippen LogP contribution in [0.4, 0.5) is 0 Å². The first kappa shape index (κ1) is 27.2. The predicted molar refractivity (Wildman–Crippen MR) is 151 cm³/mol. The van der Waals surface area contributed by atoms with Gasteiger partial charge in [-0.15, -0.1) is 0 Å². The summed E-state index contributed by atoms with van der Waals surface area (Å²) in [6, 6.07) is 0. The minimum atomic E-state index is -1.67. The molecule has 4 aliphatic rings. The summed E-state index contributed by atoms with van der Waals surface area (Å²) in [4.78, 5) is 0. The normalized spacial score (nSPS) is 43.0. The van der Waals surface area contributed by atoms with Gasteiger partial charge >= 0.3 is 0 Å². The maximum Gasteiger partial charge on any atom is 0.241 e. The molecular formula is C28H54O3Si3. The van der Waals surface area contributed by atoms with E-state index in [1.807, 2.05) is 0 Å². The molecule has 0 aromatic carbocycles. The Balaban J connectivity index is 1.64. The van der Waals surface area contributed by atoms with Crippen LogP contribution in [-0.2, 0) is 13.3 Å². The molecular weight excluding hydrogens is 469 g/mol. The van der Waals surface area contributed by atoms with E-state index >= 15 is 0 Å². The van der Waals surface area contributed by atoms with E-state index in [9.17, 15) is 0 Å². The first-order valence-electron chi connectivity index (χ1n) is 14.2. The lowest BCUT2D eigenvalue weighted by atomic mass is 9.44. The predicted octanol–water partition coefficient (Wildman–Crippen LogP) is 8.42. The Kier molecular flexibility index (Phi) is 7.07. The van der Waals surface area contributed by atoms with Crippen molar-refractivity contribution in [3.05, 3.63) is 11.8 Å². The second kappa shape index (κ2) is 8.85. The molecule has 0 bridgehead atoms. The summed E-state index contributed by atoms with van der Waals surface area (Å²) in [7, 11) is -4.81. The van der Waals surface area contributed by atoms with Crippen LogP contribution in [0.1, 0.15) is 58.8 Å². The maximum absolute atomic E-state index is 7.16. The molecule has 196 valence electrons. The van der Waals surface area contributed by atoms with Crippen molar-refractivity contribution in [3.63, 3.8) is 0 Å². The molecule has 34 heavy (non-hydrogen) atoms. The summed E-state index contributed by atoms with van der Waals surface area (Å²) in [5.41, 5.74) is 0.531. The fraction of sp³-hybridized carbons (Fsp3) is 0.929. The summed E-state index contributed by atoms with van der Waals surface area (Å²) < 4.78 is 20.6. The van der Waals surface area contributed by atoms with Crippen molar-refractivity contribution in [1.82, 2.24) is 0 Å². The van der Waals surface area contributed by atoms with Crippen molar-refractivity contribution in [2.75, 3.05) is 0 Å². The second-order valence-corrected chi connectivity index (χ2v) is 29.0. The number of rotatable bonds is 6. The largest absolute Gasteiger partial charge is 0.547 e. The van der Waals surface area contributed by atoms with Gasteiger partial charge in [-0.05, 0) is 139 Å². The van der Waals surface area contributed by atoms with E-state index in [0.717, 1.165) is 24.2 Å². The smallest absolute Gasteiger partial charge is 0.241 e. The number of fused-ring (bicyclic) bond motifs is 5. The number of hydrogen-bond donors (Lipinski definition) is 0. The molecule has 3 saturated carbocycles. The molecule has 4 aliphatic carbocycles. The highest BCUT2D eigenvalue weighted by Gasteiger charge is 2.63. The molecule has 3 nitrogen and oxygen atoms in total. The summed E-state index contributed by atoms with van der Waals surface area (Å²) in [6.07, 6.45) is 12.3. The topological polar surface area (TPSA) is 27.7 Å². The molecule has 4 rings (SSSR count). The minimum absolute atomic E-state index is 0.146. The lowest BCUT2D eigenvalue weighted by Gasteiger charge is -2.63. The Bertz CT molecular complexity index is 792. The van der Waals surface area contributed by atoms with Gasteiger partial charge in [0.15, 0.2) is 16.6 Å². The van der Waals surface area contributed by atoms with Gasteiger partial charge in [-0.1, -0.05) is 13.8 Å². The molecule has 3 unspecified atom stereocenters. The quantitative estimate of drug-likeness (QED) is 0.328. The summed E-state index contributed by atoms with van der Waals surface area (Å²) in [5, 5.41) is 0. The van der Waals surface area contributed by atoms with Crippen LogP contribution in [-0.4, -0.2) is 37.2 Å². The average molecular weight is 523 g/mol. The van der Waals surface area contributed by atoms with Crippen LogP contribution < -0.4 is 0 Å². The van der Waals surface area contributed by atoms with Gasteiger partial charge in [0.05, 0.1) is 5.76 Å². The van der Waals surface area contributed by atoms with E-state index in [2.05, 4.69) is 78.8 Å². The van der Waals surface area contributed by atoms with Crippen LogP contribution in [0.25, 0.3) is 0 Å². The fourth-order valence-electron chi connectivity index (χ4n) is 8.50. The molecule has 0 amide bonds. The van der Waals surface area contributed by atoms with Gasteiger partial charge in [-0.3, -0.25) is 0 Å². The summed E-state index contributed by atoms with van der Waals surface area (Å²) in [5.74, 6) is 4.27. The molecule has 0 saturated heterocycles. The zero-order valence-electron chi connectivity index (χ0n) is 24.2. The first-order valence-corrected chi connectivity index (χ1v) is 24.4. The molecule has 0 N–H and O–H groups in total. The average Bonchev–Trinajstić information content (AvgIpc) is 2.93. The fourth-order valence-corrected chi connectivity index (χ4v) is 11.8. The van der Waals surface area contributed by atoms with Gasteiger partial charge in [0.1, 0.15) is 0 Å². The van der Waals surface area contributed by atoms with E-state index in [0.29, 0.717) is 23.5 Å². The highest BCUT2D eigenvalue weighted by atomic mass is 28.4. The van der Waals surface area contributed by atoms with E-state index in [1.165, 1.54) is 44.3 Å². The SMILES string of the molecule is C[C@]12C[C@H](O[Si](C)(C)C)C3C(CC[C@H]4C[C@@H](O[Si](C)(C)C)CC[C@]34C)C1CC=C2O[Si](C)(C)C. The lowest BCUT2D eigenvalue weighted by Crippen LogP contribution is -2.61. The van der Waals surface area contributed by atoms with Gasteiger partial charge in [0.2, 0.25) is 8.32 Å². The highest BCUT2D eigenvalue weighted by Crippen LogP contribution is 2.67. The third kappa shape index (κ3) is 5.37. The van der Waals surface area contributed by atoms with Crippen LogP contribution in [0.3, 0.4) is 0 Å². The summed E-state index contributed by atoms with van der Waals surface area (Å²) >= 11 is 0. The Morgan fingerprint density at radius 2 is 1.47 bits per heavy atom. The van der Waals surface area contributed by atoms with Crippen LogP contribution in [0.2, 0.25) is 58.9 Å². The van der Waals surface area contributed by atoms with E-state index in [4.69, 9.17) is 13.3 Å². The van der Waals surface area contributed by atoms with Crippen LogP contribution in [0, 0.1) is 34.5 Å². The third-order valence-corrected chi connectivity index (χ3v) is 12.4. The Hall–Kier alpha value is 0.111. The van der Waals surface area contributed by atoms with Crippen LogP contribution in [0.5, 0.6) is 0 Å². The monoisotopic (exact) mass is 522 g/mol.